The number of hydrogen-bond acceptors (Lipinski definition) is 10. The average Bonchev–Trinajstić information content (AvgIpc) is 3.03. The van der Waals surface area contributed by atoms with Crippen molar-refractivity contribution in [2.75, 3.05) is 26.4 Å². The predicted octanol–water partition coefficient (Wildman–Crippen LogP) is 10.3. The summed E-state index contributed by atoms with van der Waals surface area (Å²) < 4.78 is 81.4. The van der Waals surface area contributed by atoms with Crippen molar-refractivity contribution in [3.05, 3.63) is 0 Å². The van der Waals surface area contributed by atoms with E-state index in [1.165, 1.54) is 168 Å². The Morgan fingerprint density at radius 1 is 0.392 bits per heavy atom. The van der Waals surface area contributed by atoms with Gasteiger partial charge in [-0.3, -0.25) is 8.37 Å². The maximum atomic E-state index is 10.4. The van der Waals surface area contributed by atoms with Gasteiger partial charge in [0, 0.05) is 13.2 Å². The largest absolute Gasteiger partial charge is 2.00 e. The molecule has 0 aliphatic heterocycles. The van der Waals surface area contributed by atoms with E-state index in [4.69, 9.17) is 9.47 Å². The maximum absolute atomic E-state index is 10.4. The Balaban J connectivity index is -0.000000886. The van der Waals surface area contributed by atoms with Crippen LogP contribution in [-0.4, -0.2) is 102 Å². The number of ether oxygens (including phenoxy) is 2. The average molecular weight is 799 g/mol. The SMILES string of the molecule is CCCCCCCCCCCCCCCCOCC(C)OS(=O)(=O)[O-].CCCCCCCCCCCCCCCCOCC(C)OS(=O)(=O)[O-].[Ca+2]. The van der Waals surface area contributed by atoms with E-state index in [9.17, 15) is 25.9 Å². The summed E-state index contributed by atoms with van der Waals surface area (Å²) in [5, 5.41) is 0. The molecule has 0 saturated heterocycles. The van der Waals surface area contributed by atoms with Crippen LogP contribution in [0.4, 0.5) is 0 Å². The second kappa shape index (κ2) is 42.1. The molecule has 0 spiro atoms. The van der Waals surface area contributed by atoms with Gasteiger partial charge >= 0.3 is 37.7 Å². The van der Waals surface area contributed by atoms with E-state index in [0.717, 1.165) is 25.7 Å². The fourth-order valence-electron chi connectivity index (χ4n) is 5.75. The predicted molar refractivity (Wildman–Crippen MR) is 209 cm³/mol. The first-order valence-corrected chi connectivity index (χ1v) is 23.0. The molecule has 0 aliphatic carbocycles. The summed E-state index contributed by atoms with van der Waals surface area (Å²) in [5.41, 5.74) is 0. The van der Waals surface area contributed by atoms with Gasteiger partial charge in [-0.2, -0.15) is 0 Å². The minimum absolute atomic E-state index is 0. The molecule has 0 saturated carbocycles. The molecule has 0 rings (SSSR count). The Hall–Kier alpha value is 0.920. The fraction of sp³-hybridized carbons (Fsp3) is 1.00. The van der Waals surface area contributed by atoms with Crippen molar-refractivity contribution in [3.8, 4) is 0 Å². The molecule has 0 aromatic heterocycles. The fourth-order valence-corrected chi connectivity index (χ4v) is 6.67. The van der Waals surface area contributed by atoms with Crippen LogP contribution in [0.5, 0.6) is 0 Å². The smallest absolute Gasteiger partial charge is 0.726 e. The van der Waals surface area contributed by atoms with Gasteiger partial charge in [-0.05, 0) is 26.7 Å². The molecule has 0 aromatic carbocycles. The summed E-state index contributed by atoms with van der Waals surface area (Å²) in [4.78, 5) is 0. The Morgan fingerprint density at radius 2 is 0.588 bits per heavy atom. The van der Waals surface area contributed by atoms with E-state index in [2.05, 4.69) is 22.2 Å². The van der Waals surface area contributed by atoms with Crippen LogP contribution in [0.15, 0.2) is 0 Å². The van der Waals surface area contributed by atoms with Crippen molar-refractivity contribution in [2.24, 2.45) is 0 Å². The first-order valence-electron chi connectivity index (χ1n) is 20.3. The van der Waals surface area contributed by atoms with Gasteiger partial charge in [0.2, 0.25) is 20.8 Å². The summed E-state index contributed by atoms with van der Waals surface area (Å²) in [5.74, 6) is 0. The minimum atomic E-state index is -4.63. The molecular formula is C38H78CaO10S2. The van der Waals surface area contributed by atoms with Gasteiger partial charge in [-0.25, -0.2) is 16.8 Å². The molecule has 2 unspecified atom stereocenters. The van der Waals surface area contributed by atoms with E-state index >= 15 is 0 Å². The van der Waals surface area contributed by atoms with Crippen LogP contribution < -0.4 is 0 Å². The topological polar surface area (TPSA) is 151 Å². The van der Waals surface area contributed by atoms with E-state index in [1.807, 2.05) is 0 Å². The first kappa shape index (κ1) is 56.3. The van der Waals surface area contributed by atoms with Crippen molar-refractivity contribution in [1.29, 1.82) is 0 Å². The third-order valence-corrected chi connectivity index (χ3v) is 9.68. The summed E-state index contributed by atoms with van der Waals surface area (Å²) in [6, 6.07) is 0. The molecule has 51 heavy (non-hydrogen) atoms. The van der Waals surface area contributed by atoms with Crippen LogP contribution in [-0.2, 0) is 38.6 Å². The van der Waals surface area contributed by atoms with E-state index in [1.54, 1.807) is 0 Å². The Bertz CT molecular complexity index is 819. The zero-order valence-electron chi connectivity index (χ0n) is 33.4. The second-order valence-electron chi connectivity index (χ2n) is 14.0. The minimum Gasteiger partial charge on any atom is -0.726 e. The summed E-state index contributed by atoms with van der Waals surface area (Å²) in [6.07, 6.45) is 35.3. The van der Waals surface area contributed by atoms with Crippen molar-refractivity contribution in [2.45, 2.75) is 220 Å². The van der Waals surface area contributed by atoms with Gasteiger partial charge in [0.25, 0.3) is 0 Å². The molecule has 0 aliphatic rings. The van der Waals surface area contributed by atoms with Crippen LogP contribution >= 0.6 is 0 Å². The van der Waals surface area contributed by atoms with Gasteiger partial charge in [0.1, 0.15) is 0 Å². The number of rotatable bonds is 38. The van der Waals surface area contributed by atoms with Gasteiger partial charge in [0.05, 0.1) is 25.4 Å². The van der Waals surface area contributed by atoms with Gasteiger partial charge in [0.15, 0.2) is 0 Å². The van der Waals surface area contributed by atoms with Crippen LogP contribution in [0, 0.1) is 0 Å². The normalized spacial score (nSPS) is 13.0. The Kier molecular flexibility index (Phi) is 46.4. The third kappa shape index (κ3) is 55.4. The molecule has 0 heterocycles. The van der Waals surface area contributed by atoms with Crippen LogP contribution in [0.1, 0.15) is 207 Å². The van der Waals surface area contributed by atoms with E-state index < -0.39 is 33.0 Å². The maximum Gasteiger partial charge on any atom is 2.00 e. The molecule has 304 valence electrons. The molecule has 13 heteroatoms. The molecule has 0 fully saturated rings. The molecule has 0 radical (unpaired) electrons. The Labute approximate surface area is 345 Å². The van der Waals surface area contributed by atoms with Crippen LogP contribution in [0.3, 0.4) is 0 Å². The van der Waals surface area contributed by atoms with Crippen LogP contribution in [0.2, 0.25) is 0 Å². The quantitative estimate of drug-likeness (QED) is 0.0255. The standard InChI is InChI=1S/2C19H40O5S.Ca/c2*1-3-4-5-6-7-8-9-10-11-12-13-14-15-16-17-23-18-19(2)24-25(20,21)22;/h2*19H,3-18H2,1-2H3,(H,20,21,22);/q;;+2/p-2. The van der Waals surface area contributed by atoms with Crippen molar-refractivity contribution in [1.82, 2.24) is 0 Å². The number of unbranched alkanes of at least 4 members (excludes halogenated alkanes) is 26. The van der Waals surface area contributed by atoms with Gasteiger partial charge in [-0.1, -0.05) is 181 Å². The molecule has 10 nitrogen and oxygen atoms in total. The molecule has 2 atom stereocenters. The van der Waals surface area contributed by atoms with Gasteiger partial charge < -0.3 is 18.6 Å². The van der Waals surface area contributed by atoms with E-state index in [-0.39, 0.29) is 51.0 Å². The Morgan fingerprint density at radius 3 is 0.784 bits per heavy atom. The van der Waals surface area contributed by atoms with Crippen molar-refractivity contribution in [3.63, 3.8) is 0 Å². The van der Waals surface area contributed by atoms with Crippen LogP contribution in [0.25, 0.3) is 0 Å². The first-order chi connectivity index (χ1) is 23.9. The molecular weight excluding hydrogens is 721 g/mol. The second-order valence-corrected chi connectivity index (χ2v) is 16.0. The zero-order valence-corrected chi connectivity index (χ0v) is 37.2. The summed E-state index contributed by atoms with van der Waals surface area (Å²) in [7, 11) is -9.25. The van der Waals surface area contributed by atoms with Crippen molar-refractivity contribution < 1.29 is 43.8 Å². The monoisotopic (exact) mass is 798 g/mol. The number of hydrogen-bond donors (Lipinski definition) is 0. The molecule has 0 N–H and O–H groups in total. The molecule has 0 aromatic rings. The van der Waals surface area contributed by atoms with Gasteiger partial charge in [-0.15, -0.1) is 0 Å². The molecule has 0 amide bonds. The van der Waals surface area contributed by atoms with E-state index in [0.29, 0.717) is 13.2 Å². The summed E-state index contributed by atoms with van der Waals surface area (Å²) in [6.45, 7) is 9.00. The summed E-state index contributed by atoms with van der Waals surface area (Å²) >= 11 is 0. The zero-order chi connectivity index (χ0) is 37.6. The third-order valence-electron chi connectivity index (χ3n) is 8.55. The molecule has 0 bridgehead atoms. The van der Waals surface area contributed by atoms with Crippen molar-refractivity contribution >= 4 is 58.5 Å².